The molecule has 2 aliphatic heterocycles. The number of carbonyl (C=O) groups excluding carboxylic acids is 1. The number of carbonyl (C=O) groups is 1. The van der Waals surface area contributed by atoms with E-state index in [0.717, 1.165) is 49.7 Å². The van der Waals surface area contributed by atoms with Gasteiger partial charge in [0.2, 0.25) is 5.13 Å². The lowest BCUT2D eigenvalue weighted by Crippen LogP contribution is -2.45. The molecule has 2 fully saturated rings. The SMILES string of the molecule is Cc1cncc(C(=O)N2CC[C@@]3(CCCN(c4nncs4)C3)C2)c1. The van der Waals surface area contributed by atoms with Crippen LogP contribution < -0.4 is 4.90 Å². The van der Waals surface area contributed by atoms with E-state index in [-0.39, 0.29) is 11.3 Å². The Morgan fingerprint density at radius 3 is 2.96 bits per heavy atom. The number of hydrogen-bond donors (Lipinski definition) is 0. The van der Waals surface area contributed by atoms with E-state index in [1.807, 2.05) is 17.9 Å². The monoisotopic (exact) mass is 343 g/mol. The Morgan fingerprint density at radius 1 is 1.25 bits per heavy atom. The predicted octanol–water partition coefficient (Wildman–Crippen LogP) is 2.37. The van der Waals surface area contributed by atoms with Crippen molar-refractivity contribution >= 4 is 22.4 Å². The number of likely N-dealkylation sites (tertiary alicyclic amines) is 1. The van der Waals surface area contributed by atoms with Gasteiger partial charge in [-0.05, 0) is 37.8 Å². The number of rotatable bonds is 2. The van der Waals surface area contributed by atoms with Gasteiger partial charge in [-0.2, -0.15) is 0 Å². The third-order valence-electron chi connectivity index (χ3n) is 5.13. The lowest BCUT2D eigenvalue weighted by Gasteiger charge is -2.40. The number of nitrogens with zero attached hydrogens (tertiary/aromatic N) is 5. The number of hydrogen-bond acceptors (Lipinski definition) is 6. The van der Waals surface area contributed by atoms with Gasteiger partial charge >= 0.3 is 0 Å². The molecule has 0 unspecified atom stereocenters. The van der Waals surface area contributed by atoms with E-state index in [0.29, 0.717) is 5.56 Å². The maximum absolute atomic E-state index is 12.8. The zero-order valence-corrected chi connectivity index (χ0v) is 14.6. The average Bonchev–Trinajstić information content (AvgIpc) is 3.25. The van der Waals surface area contributed by atoms with Crippen LogP contribution in [0.25, 0.3) is 0 Å². The highest BCUT2D eigenvalue weighted by Crippen LogP contribution is 2.40. The van der Waals surface area contributed by atoms with Gasteiger partial charge < -0.3 is 9.80 Å². The Balaban J connectivity index is 1.48. The fraction of sp³-hybridized carbons (Fsp3) is 0.529. The van der Waals surface area contributed by atoms with Crippen molar-refractivity contribution in [1.29, 1.82) is 0 Å². The summed E-state index contributed by atoms with van der Waals surface area (Å²) >= 11 is 1.59. The second kappa shape index (κ2) is 6.12. The zero-order valence-electron chi connectivity index (χ0n) is 13.8. The van der Waals surface area contributed by atoms with Gasteiger partial charge in [-0.3, -0.25) is 9.78 Å². The molecule has 0 bridgehead atoms. The summed E-state index contributed by atoms with van der Waals surface area (Å²) in [5.41, 5.74) is 3.70. The molecule has 2 aromatic heterocycles. The summed E-state index contributed by atoms with van der Waals surface area (Å²) in [6, 6.07) is 1.93. The number of amides is 1. The number of aryl methyl sites for hydroxylation is 1. The van der Waals surface area contributed by atoms with Crippen LogP contribution in [0.1, 0.15) is 35.2 Å². The Kier molecular flexibility index (Phi) is 3.96. The molecule has 1 amide bonds. The average molecular weight is 343 g/mol. The van der Waals surface area contributed by atoms with Gasteiger partial charge in [-0.1, -0.05) is 11.3 Å². The van der Waals surface area contributed by atoms with E-state index in [9.17, 15) is 4.79 Å². The summed E-state index contributed by atoms with van der Waals surface area (Å²) in [4.78, 5) is 21.3. The van der Waals surface area contributed by atoms with Crippen LogP contribution in [0, 0.1) is 12.3 Å². The molecule has 0 aromatic carbocycles. The van der Waals surface area contributed by atoms with Gasteiger partial charge in [0.15, 0.2) is 0 Å². The molecule has 24 heavy (non-hydrogen) atoms. The van der Waals surface area contributed by atoms with Crippen LogP contribution in [0.15, 0.2) is 24.0 Å². The van der Waals surface area contributed by atoms with E-state index in [4.69, 9.17) is 0 Å². The number of pyridine rings is 1. The first-order chi connectivity index (χ1) is 11.7. The molecule has 6 nitrogen and oxygen atoms in total. The van der Waals surface area contributed by atoms with Crippen molar-refractivity contribution in [1.82, 2.24) is 20.1 Å². The predicted molar refractivity (Wildman–Crippen MR) is 93.3 cm³/mol. The Bertz CT molecular complexity index is 734. The summed E-state index contributed by atoms with van der Waals surface area (Å²) in [5.74, 6) is 0.108. The molecule has 0 radical (unpaired) electrons. The Labute approximate surface area is 145 Å². The Morgan fingerprint density at radius 2 is 2.17 bits per heavy atom. The fourth-order valence-corrected chi connectivity index (χ4v) is 4.56. The van der Waals surface area contributed by atoms with Gasteiger partial charge in [0.1, 0.15) is 5.51 Å². The minimum atomic E-state index is 0.108. The van der Waals surface area contributed by atoms with Gasteiger partial charge in [-0.15, -0.1) is 10.2 Å². The second-order valence-corrected chi connectivity index (χ2v) is 7.79. The molecule has 126 valence electrons. The molecule has 0 N–H and O–H groups in total. The lowest BCUT2D eigenvalue weighted by molar-refractivity contribution is 0.0767. The van der Waals surface area contributed by atoms with E-state index in [1.165, 1.54) is 6.42 Å². The highest BCUT2D eigenvalue weighted by Gasteiger charge is 2.43. The molecular formula is C17H21N5OS. The van der Waals surface area contributed by atoms with E-state index >= 15 is 0 Å². The summed E-state index contributed by atoms with van der Waals surface area (Å²) in [5, 5.41) is 9.17. The highest BCUT2D eigenvalue weighted by molar-refractivity contribution is 7.13. The molecule has 0 aliphatic carbocycles. The Hall–Kier alpha value is -2.02. The first-order valence-corrected chi connectivity index (χ1v) is 9.25. The van der Waals surface area contributed by atoms with Crippen molar-refractivity contribution in [2.24, 2.45) is 5.41 Å². The van der Waals surface area contributed by atoms with Gasteiger partial charge in [0.25, 0.3) is 5.91 Å². The minimum absolute atomic E-state index is 0.108. The largest absolute Gasteiger partial charge is 0.346 e. The van der Waals surface area contributed by atoms with Crippen molar-refractivity contribution in [2.45, 2.75) is 26.2 Å². The van der Waals surface area contributed by atoms with Crippen molar-refractivity contribution in [3.8, 4) is 0 Å². The molecule has 1 atom stereocenters. The van der Waals surface area contributed by atoms with E-state index < -0.39 is 0 Å². The van der Waals surface area contributed by atoms with E-state index in [1.54, 1.807) is 29.2 Å². The standard InChI is InChI=1S/C17H21N5OS/c1-13-7-14(9-18-8-13)15(23)21-6-4-17(10-21)3-2-5-22(11-17)16-20-19-12-24-16/h7-9,12H,2-6,10-11H2,1H3/t17-/m0/s1. The summed E-state index contributed by atoms with van der Waals surface area (Å²) in [6.07, 6.45) is 6.84. The maximum atomic E-state index is 12.8. The van der Waals surface area contributed by atoms with Crippen molar-refractivity contribution in [3.63, 3.8) is 0 Å². The van der Waals surface area contributed by atoms with Crippen LogP contribution in [0.4, 0.5) is 5.13 Å². The van der Waals surface area contributed by atoms with Crippen LogP contribution in [-0.2, 0) is 0 Å². The molecular weight excluding hydrogens is 322 g/mol. The minimum Gasteiger partial charge on any atom is -0.346 e. The molecule has 2 aromatic rings. The van der Waals surface area contributed by atoms with Crippen LogP contribution in [-0.4, -0.2) is 52.2 Å². The summed E-state index contributed by atoms with van der Waals surface area (Å²) in [7, 11) is 0. The van der Waals surface area contributed by atoms with Gasteiger partial charge in [0.05, 0.1) is 5.56 Å². The number of aromatic nitrogens is 3. The van der Waals surface area contributed by atoms with Crippen LogP contribution in [0.3, 0.4) is 0 Å². The van der Waals surface area contributed by atoms with Gasteiger partial charge in [0, 0.05) is 44.0 Å². The summed E-state index contributed by atoms with van der Waals surface area (Å²) in [6.45, 7) is 5.63. The lowest BCUT2D eigenvalue weighted by atomic mass is 9.79. The fourth-order valence-electron chi connectivity index (χ4n) is 3.97. The smallest absolute Gasteiger partial charge is 0.255 e. The third-order valence-corrected chi connectivity index (χ3v) is 5.88. The van der Waals surface area contributed by atoms with Crippen LogP contribution in [0.2, 0.25) is 0 Å². The summed E-state index contributed by atoms with van der Waals surface area (Å²) < 4.78 is 0. The second-order valence-electron chi connectivity index (χ2n) is 6.97. The molecule has 4 heterocycles. The van der Waals surface area contributed by atoms with Gasteiger partial charge in [-0.25, -0.2) is 0 Å². The molecule has 1 spiro atoms. The molecule has 7 heteroatoms. The topological polar surface area (TPSA) is 62.2 Å². The third kappa shape index (κ3) is 2.88. The molecule has 4 rings (SSSR count). The van der Waals surface area contributed by atoms with Crippen LogP contribution in [0.5, 0.6) is 0 Å². The molecule has 2 saturated heterocycles. The maximum Gasteiger partial charge on any atom is 0.255 e. The first kappa shape index (κ1) is 15.5. The molecule has 0 saturated carbocycles. The normalized spacial score (nSPS) is 23.9. The first-order valence-electron chi connectivity index (χ1n) is 8.37. The highest BCUT2D eigenvalue weighted by atomic mass is 32.1. The number of anilines is 1. The van der Waals surface area contributed by atoms with Crippen molar-refractivity contribution in [3.05, 3.63) is 35.1 Å². The van der Waals surface area contributed by atoms with Crippen LogP contribution >= 0.6 is 11.3 Å². The van der Waals surface area contributed by atoms with Crippen molar-refractivity contribution in [2.75, 3.05) is 31.1 Å². The number of piperidine rings is 1. The van der Waals surface area contributed by atoms with E-state index in [2.05, 4.69) is 20.1 Å². The molecule has 2 aliphatic rings. The quantitative estimate of drug-likeness (QED) is 0.838. The van der Waals surface area contributed by atoms with Crippen molar-refractivity contribution < 1.29 is 4.79 Å². The zero-order chi connectivity index (χ0) is 16.6.